The van der Waals surface area contributed by atoms with Gasteiger partial charge in [-0.2, -0.15) is 0 Å². The van der Waals surface area contributed by atoms with E-state index in [1.165, 1.54) is 60.3 Å². The van der Waals surface area contributed by atoms with Crippen molar-refractivity contribution in [3.63, 3.8) is 0 Å². The van der Waals surface area contributed by atoms with Gasteiger partial charge in [-0.25, -0.2) is 9.97 Å². The summed E-state index contributed by atoms with van der Waals surface area (Å²) >= 11 is 0. The van der Waals surface area contributed by atoms with Gasteiger partial charge in [0.05, 0.1) is 11.4 Å². The van der Waals surface area contributed by atoms with Gasteiger partial charge in [-0.05, 0) is 96.0 Å². The lowest BCUT2D eigenvalue weighted by molar-refractivity contribution is 0.661. The van der Waals surface area contributed by atoms with Gasteiger partial charge in [0.2, 0.25) is 0 Å². The minimum atomic E-state index is -0.107. The molecule has 0 spiro atoms. The van der Waals surface area contributed by atoms with E-state index in [2.05, 4.69) is 178 Å². The molecule has 0 unspecified atom stereocenters. The van der Waals surface area contributed by atoms with Crippen molar-refractivity contribution in [2.45, 2.75) is 19.3 Å². The topological polar surface area (TPSA) is 25.8 Å². The number of aromatic nitrogens is 2. The normalized spacial score (nSPS) is 13.1. The molecule has 1 aliphatic carbocycles. The van der Waals surface area contributed by atoms with Crippen LogP contribution < -0.4 is 0 Å². The average molecular weight is 651 g/mol. The molecule has 9 aromatic rings. The lowest BCUT2D eigenvalue weighted by atomic mass is 9.81. The van der Waals surface area contributed by atoms with E-state index in [4.69, 9.17) is 9.97 Å². The summed E-state index contributed by atoms with van der Waals surface area (Å²) in [5.41, 5.74) is 12.8. The Kier molecular flexibility index (Phi) is 6.56. The first-order valence-electron chi connectivity index (χ1n) is 17.7. The van der Waals surface area contributed by atoms with Gasteiger partial charge in [0, 0.05) is 22.1 Å². The first-order valence-corrected chi connectivity index (χ1v) is 17.7. The number of nitrogens with zero attached hydrogens (tertiary/aromatic N) is 2. The quantitative estimate of drug-likeness (QED) is 0.189. The predicted molar refractivity (Wildman–Crippen MR) is 214 cm³/mol. The lowest BCUT2D eigenvalue weighted by Crippen LogP contribution is -2.15. The maximum atomic E-state index is 5.30. The van der Waals surface area contributed by atoms with Crippen LogP contribution in [0.5, 0.6) is 0 Å². The zero-order chi connectivity index (χ0) is 34.1. The molecule has 0 bridgehead atoms. The molecule has 1 heterocycles. The maximum absolute atomic E-state index is 5.30. The van der Waals surface area contributed by atoms with Gasteiger partial charge in [0.15, 0.2) is 5.82 Å². The van der Waals surface area contributed by atoms with E-state index in [1.807, 2.05) is 6.07 Å². The smallest absolute Gasteiger partial charge is 0.161 e. The molecule has 0 aliphatic heterocycles. The van der Waals surface area contributed by atoms with Gasteiger partial charge in [0.25, 0.3) is 0 Å². The first-order chi connectivity index (χ1) is 25.0. The third kappa shape index (κ3) is 4.71. The second-order valence-corrected chi connectivity index (χ2v) is 14.2. The van der Waals surface area contributed by atoms with Crippen LogP contribution in [-0.4, -0.2) is 9.97 Å². The summed E-state index contributed by atoms with van der Waals surface area (Å²) in [4.78, 5) is 10.5. The summed E-state index contributed by atoms with van der Waals surface area (Å²) < 4.78 is 0. The molecule has 240 valence electrons. The monoisotopic (exact) mass is 650 g/mol. The van der Waals surface area contributed by atoms with Crippen LogP contribution in [0.25, 0.3) is 88.5 Å². The van der Waals surface area contributed by atoms with Crippen LogP contribution in [-0.2, 0) is 5.41 Å². The Morgan fingerprint density at radius 1 is 0.353 bits per heavy atom. The van der Waals surface area contributed by atoms with Crippen molar-refractivity contribution in [1.29, 1.82) is 0 Å². The largest absolute Gasteiger partial charge is 0.228 e. The Balaban J connectivity index is 1.14. The van der Waals surface area contributed by atoms with Crippen molar-refractivity contribution >= 4 is 32.3 Å². The maximum Gasteiger partial charge on any atom is 0.161 e. The fraction of sp³-hybridized carbons (Fsp3) is 0.0612. The minimum Gasteiger partial charge on any atom is -0.228 e. The number of hydrogen-bond donors (Lipinski definition) is 0. The molecule has 8 aromatic carbocycles. The zero-order valence-corrected chi connectivity index (χ0v) is 28.6. The van der Waals surface area contributed by atoms with E-state index in [0.717, 1.165) is 39.3 Å². The number of fused-ring (bicyclic) bond motifs is 6. The fourth-order valence-electron chi connectivity index (χ4n) is 8.25. The molecule has 0 atom stereocenters. The molecular formula is C49H34N2. The second-order valence-electron chi connectivity index (χ2n) is 14.2. The van der Waals surface area contributed by atoms with Crippen molar-refractivity contribution in [2.24, 2.45) is 0 Å². The van der Waals surface area contributed by atoms with Crippen LogP contribution in [0.1, 0.15) is 25.0 Å². The molecule has 2 nitrogen and oxygen atoms in total. The number of benzene rings is 8. The SMILES string of the molecule is CC1(C)c2cc(-c3ccc(-c4nc(-c5ccccc5)cc(-c5cccc6ccccc56)n4)c4ccccc34)ccc2-c2cc3ccccc3cc21. The Hall–Kier alpha value is -6.38. The molecule has 2 heteroatoms. The predicted octanol–water partition coefficient (Wildman–Crippen LogP) is 12.9. The number of hydrogen-bond acceptors (Lipinski definition) is 2. The van der Waals surface area contributed by atoms with Gasteiger partial charge in [-0.15, -0.1) is 0 Å². The first kappa shape index (κ1) is 29.5. The summed E-state index contributed by atoms with van der Waals surface area (Å²) in [5, 5.41) is 7.28. The van der Waals surface area contributed by atoms with Crippen LogP contribution in [0.3, 0.4) is 0 Å². The molecule has 10 rings (SSSR count). The van der Waals surface area contributed by atoms with Crippen LogP contribution in [0.2, 0.25) is 0 Å². The third-order valence-corrected chi connectivity index (χ3v) is 10.9. The van der Waals surface area contributed by atoms with Crippen molar-refractivity contribution < 1.29 is 0 Å². The molecule has 51 heavy (non-hydrogen) atoms. The van der Waals surface area contributed by atoms with E-state index < -0.39 is 0 Å². The van der Waals surface area contributed by atoms with E-state index in [0.29, 0.717) is 0 Å². The molecule has 0 amide bonds. The molecule has 0 radical (unpaired) electrons. The minimum absolute atomic E-state index is 0.107. The standard InChI is InChI=1S/C49H34N2/c1-49(2)44-29-35(23-24-40(44)43-27-33-16-6-7-17-34(33)28-45(43)49)37-25-26-42(39-21-11-10-20-38(37)39)48-50-46(32-14-4-3-5-15-32)30-47(51-48)41-22-12-18-31-13-8-9-19-36(31)41/h3-30H,1-2H3. The van der Waals surface area contributed by atoms with E-state index in [9.17, 15) is 0 Å². The average Bonchev–Trinajstić information content (AvgIpc) is 3.40. The highest BCUT2D eigenvalue weighted by atomic mass is 14.9. The number of rotatable bonds is 4. The van der Waals surface area contributed by atoms with Gasteiger partial charge < -0.3 is 0 Å². The van der Waals surface area contributed by atoms with Crippen LogP contribution >= 0.6 is 0 Å². The molecule has 0 fully saturated rings. The van der Waals surface area contributed by atoms with Gasteiger partial charge in [0.1, 0.15) is 0 Å². The summed E-state index contributed by atoms with van der Waals surface area (Å²) in [6, 6.07) is 61.2. The highest BCUT2D eigenvalue weighted by Gasteiger charge is 2.36. The van der Waals surface area contributed by atoms with Crippen LogP contribution in [0.15, 0.2) is 170 Å². The Morgan fingerprint density at radius 2 is 0.941 bits per heavy atom. The van der Waals surface area contributed by atoms with Crippen molar-refractivity contribution in [3.05, 3.63) is 181 Å². The highest BCUT2D eigenvalue weighted by Crippen LogP contribution is 2.51. The second kappa shape index (κ2) is 11.3. The van der Waals surface area contributed by atoms with E-state index in [1.54, 1.807) is 0 Å². The molecular weight excluding hydrogens is 617 g/mol. The molecule has 0 saturated carbocycles. The summed E-state index contributed by atoms with van der Waals surface area (Å²) in [6.45, 7) is 4.73. The van der Waals surface area contributed by atoms with Crippen molar-refractivity contribution in [1.82, 2.24) is 9.97 Å². The lowest BCUT2D eigenvalue weighted by Gasteiger charge is -2.22. The highest BCUT2D eigenvalue weighted by molar-refractivity contribution is 6.05. The Labute approximate surface area is 297 Å². The van der Waals surface area contributed by atoms with Crippen LogP contribution in [0, 0.1) is 0 Å². The van der Waals surface area contributed by atoms with Crippen molar-refractivity contribution in [3.8, 4) is 56.2 Å². The Morgan fingerprint density at radius 3 is 1.75 bits per heavy atom. The zero-order valence-electron chi connectivity index (χ0n) is 28.6. The van der Waals surface area contributed by atoms with Gasteiger partial charge in [-0.3, -0.25) is 0 Å². The summed E-state index contributed by atoms with van der Waals surface area (Å²) in [7, 11) is 0. The van der Waals surface area contributed by atoms with Gasteiger partial charge in [-0.1, -0.05) is 153 Å². The fourth-order valence-corrected chi connectivity index (χ4v) is 8.25. The Bertz CT molecular complexity index is 2820. The molecule has 1 aliphatic rings. The van der Waals surface area contributed by atoms with E-state index >= 15 is 0 Å². The van der Waals surface area contributed by atoms with Crippen molar-refractivity contribution in [2.75, 3.05) is 0 Å². The molecule has 1 aromatic heterocycles. The molecule has 0 saturated heterocycles. The third-order valence-electron chi connectivity index (χ3n) is 10.9. The van der Waals surface area contributed by atoms with E-state index in [-0.39, 0.29) is 5.41 Å². The summed E-state index contributed by atoms with van der Waals surface area (Å²) in [6.07, 6.45) is 0. The summed E-state index contributed by atoms with van der Waals surface area (Å²) in [5.74, 6) is 0.722. The van der Waals surface area contributed by atoms with Crippen LogP contribution in [0.4, 0.5) is 0 Å². The molecule has 0 N–H and O–H groups in total. The van der Waals surface area contributed by atoms with Gasteiger partial charge >= 0.3 is 0 Å².